The van der Waals surface area contributed by atoms with E-state index < -0.39 is 10.8 Å². The second-order valence-corrected chi connectivity index (χ2v) is 9.78. The molecule has 38 heavy (non-hydrogen) atoms. The summed E-state index contributed by atoms with van der Waals surface area (Å²) < 4.78 is 7.96. The van der Waals surface area contributed by atoms with Crippen molar-refractivity contribution < 1.29 is 14.5 Å². The predicted octanol–water partition coefficient (Wildman–Crippen LogP) is 6.23. The molecule has 1 unspecified atom stereocenters. The fraction of sp³-hybridized carbons (Fsp3) is 0.296. The average molecular weight is 556 g/mol. The predicted molar refractivity (Wildman–Crippen MR) is 147 cm³/mol. The lowest BCUT2D eigenvalue weighted by Crippen LogP contribution is -2.26. The van der Waals surface area contributed by atoms with E-state index >= 15 is 0 Å². The van der Waals surface area contributed by atoms with Gasteiger partial charge in [-0.25, -0.2) is 9.97 Å². The second kappa shape index (κ2) is 12.2. The van der Waals surface area contributed by atoms with Gasteiger partial charge in [0.2, 0.25) is 5.91 Å². The number of fused-ring (bicyclic) bond motifs is 1. The lowest BCUT2D eigenvalue weighted by atomic mass is 9.94. The molecule has 0 fully saturated rings. The summed E-state index contributed by atoms with van der Waals surface area (Å²) in [7, 11) is 0. The Kier molecular flexibility index (Phi) is 8.81. The normalized spacial score (nSPS) is 11.9. The molecule has 1 N–H and O–H groups in total. The third kappa shape index (κ3) is 6.41. The number of aromatic nitrogens is 3. The van der Waals surface area contributed by atoms with Crippen molar-refractivity contribution >= 4 is 45.7 Å². The molecule has 9 nitrogen and oxygen atoms in total. The summed E-state index contributed by atoms with van der Waals surface area (Å²) in [6, 6.07) is 10.7. The number of halogens is 2. The third-order valence-electron chi connectivity index (χ3n) is 6.19. The summed E-state index contributed by atoms with van der Waals surface area (Å²) in [4.78, 5) is 32.3. The molecule has 2 heterocycles. The van der Waals surface area contributed by atoms with Crippen LogP contribution in [0.4, 0.5) is 5.69 Å². The van der Waals surface area contributed by atoms with Crippen molar-refractivity contribution in [2.24, 2.45) is 0 Å². The lowest BCUT2D eigenvalue weighted by molar-refractivity contribution is -0.384. The van der Waals surface area contributed by atoms with E-state index in [0.29, 0.717) is 23.4 Å². The maximum absolute atomic E-state index is 12.6. The molecule has 0 radical (unpaired) electrons. The molecule has 0 bridgehead atoms. The van der Waals surface area contributed by atoms with Crippen LogP contribution in [0.2, 0.25) is 10.0 Å². The summed E-state index contributed by atoms with van der Waals surface area (Å²) >= 11 is 13.1. The zero-order valence-corrected chi connectivity index (χ0v) is 22.5. The number of carbonyl (C=O) groups excluding carboxylic acids is 1. The quantitative estimate of drug-likeness (QED) is 0.133. The number of nitrogens with zero attached hydrogens (tertiary/aromatic N) is 4. The van der Waals surface area contributed by atoms with E-state index in [0.717, 1.165) is 24.0 Å². The highest BCUT2D eigenvalue weighted by Gasteiger charge is 2.26. The summed E-state index contributed by atoms with van der Waals surface area (Å²) in [6.07, 6.45) is 6.13. The van der Waals surface area contributed by atoms with Gasteiger partial charge in [-0.2, -0.15) is 0 Å². The topological polar surface area (TPSA) is 112 Å². The van der Waals surface area contributed by atoms with Crippen LogP contribution in [0.25, 0.3) is 10.9 Å². The Hall–Kier alpha value is -3.69. The van der Waals surface area contributed by atoms with Crippen molar-refractivity contribution in [2.45, 2.75) is 45.8 Å². The van der Waals surface area contributed by atoms with Gasteiger partial charge in [0.25, 0.3) is 5.69 Å². The lowest BCUT2D eigenvalue weighted by Gasteiger charge is -2.18. The molecular formula is C27H27Cl2N5O4. The largest absolute Gasteiger partial charge is 0.487 e. The first kappa shape index (κ1) is 27.3. The first-order chi connectivity index (χ1) is 18.2. The highest BCUT2D eigenvalue weighted by atomic mass is 35.5. The number of hydrogen-bond acceptors (Lipinski definition) is 6. The van der Waals surface area contributed by atoms with E-state index in [9.17, 15) is 14.9 Å². The van der Waals surface area contributed by atoms with Crippen molar-refractivity contribution in [3.8, 4) is 5.75 Å². The summed E-state index contributed by atoms with van der Waals surface area (Å²) in [5.74, 6) is -0.0611. The molecule has 0 saturated carbocycles. The zero-order valence-electron chi connectivity index (χ0n) is 21.0. The van der Waals surface area contributed by atoms with Gasteiger partial charge in [-0.05, 0) is 37.0 Å². The van der Waals surface area contributed by atoms with Crippen LogP contribution in [0.1, 0.15) is 42.5 Å². The number of nitro groups is 1. The number of ether oxygens (including phenoxy) is 1. The molecule has 0 aliphatic rings. The van der Waals surface area contributed by atoms with Gasteiger partial charge < -0.3 is 14.6 Å². The Labute approximate surface area is 229 Å². The van der Waals surface area contributed by atoms with Gasteiger partial charge in [0.15, 0.2) is 0 Å². The number of aryl methyl sites for hydroxylation is 2. The number of carbonyl (C=O) groups is 1. The van der Waals surface area contributed by atoms with Gasteiger partial charge in [0.05, 0.1) is 16.3 Å². The summed E-state index contributed by atoms with van der Waals surface area (Å²) in [6.45, 7) is 4.81. The van der Waals surface area contributed by atoms with E-state index in [-0.39, 0.29) is 40.2 Å². The van der Waals surface area contributed by atoms with Crippen LogP contribution < -0.4 is 10.1 Å². The zero-order chi connectivity index (χ0) is 27.2. The Balaban J connectivity index is 1.50. The number of nitrogens with one attached hydrogen (secondary N) is 1. The molecule has 0 spiro atoms. The van der Waals surface area contributed by atoms with Gasteiger partial charge in [-0.15, -0.1) is 0 Å². The Bertz CT molecular complexity index is 1460. The Morgan fingerprint density at radius 2 is 2.05 bits per heavy atom. The van der Waals surface area contributed by atoms with E-state index in [1.165, 1.54) is 6.07 Å². The second-order valence-electron chi connectivity index (χ2n) is 9.03. The molecule has 0 aliphatic carbocycles. The van der Waals surface area contributed by atoms with Crippen LogP contribution in [0.15, 0.2) is 55.1 Å². The molecule has 11 heteroatoms. The van der Waals surface area contributed by atoms with Crippen LogP contribution in [0.3, 0.4) is 0 Å². The molecule has 1 amide bonds. The number of pyridine rings is 1. The van der Waals surface area contributed by atoms with E-state index in [1.807, 2.05) is 42.0 Å². The van der Waals surface area contributed by atoms with Gasteiger partial charge in [0, 0.05) is 54.6 Å². The fourth-order valence-corrected chi connectivity index (χ4v) is 4.88. The van der Waals surface area contributed by atoms with Crippen molar-refractivity contribution in [1.29, 1.82) is 0 Å². The van der Waals surface area contributed by atoms with Crippen LogP contribution in [-0.2, 0) is 17.9 Å². The van der Waals surface area contributed by atoms with E-state index in [2.05, 4.69) is 15.3 Å². The smallest absolute Gasteiger partial charge is 0.288 e. The maximum atomic E-state index is 12.6. The van der Waals surface area contributed by atoms with Crippen molar-refractivity contribution in [1.82, 2.24) is 19.9 Å². The molecule has 198 valence electrons. The molecule has 0 saturated heterocycles. The van der Waals surface area contributed by atoms with Crippen molar-refractivity contribution in [3.05, 3.63) is 92.1 Å². The highest BCUT2D eigenvalue weighted by Crippen LogP contribution is 2.40. The number of amides is 1. The third-order valence-corrected chi connectivity index (χ3v) is 7.06. The number of nitro benzene ring substituents is 1. The van der Waals surface area contributed by atoms with Gasteiger partial charge >= 0.3 is 0 Å². The van der Waals surface area contributed by atoms with Crippen molar-refractivity contribution in [2.75, 3.05) is 6.54 Å². The average Bonchev–Trinajstić information content (AvgIpc) is 3.40. The van der Waals surface area contributed by atoms with Crippen LogP contribution in [0, 0.1) is 17.0 Å². The Morgan fingerprint density at radius 3 is 2.79 bits per heavy atom. The highest BCUT2D eigenvalue weighted by molar-refractivity contribution is 6.37. The number of rotatable bonds is 11. The molecule has 0 aliphatic heterocycles. The van der Waals surface area contributed by atoms with E-state index in [1.54, 1.807) is 25.5 Å². The Morgan fingerprint density at radius 1 is 1.24 bits per heavy atom. The van der Waals surface area contributed by atoms with E-state index in [4.69, 9.17) is 27.9 Å². The fourth-order valence-electron chi connectivity index (χ4n) is 4.17. The van der Waals surface area contributed by atoms with Crippen LogP contribution in [-0.4, -0.2) is 31.9 Å². The van der Waals surface area contributed by atoms with Gasteiger partial charge in [-0.1, -0.05) is 48.3 Å². The minimum atomic E-state index is -0.558. The first-order valence-electron chi connectivity index (χ1n) is 12.1. The number of hydrogen-bond donors (Lipinski definition) is 1. The SMILES string of the molecule is Cc1ccc2cccc(OCc3c(Cl)c(C(C)CC(=O)NCCCn4ccnc4)cc([N+](=O)[O-])c3Cl)c2n1. The molecule has 1 atom stereocenters. The summed E-state index contributed by atoms with van der Waals surface area (Å²) in [5, 5.41) is 15.7. The van der Waals surface area contributed by atoms with Crippen LogP contribution >= 0.6 is 23.2 Å². The molecule has 4 rings (SSSR count). The standard InChI is InChI=1S/C27H27Cl2N5O4/c1-17(13-24(35)31-9-4-11-33-12-10-30-16-33)20-14-22(34(36)37)26(29)21(25(20)28)15-38-23-6-3-5-19-8-7-18(2)32-27(19)23/h3,5-8,10,12,14,16-17H,4,9,11,13,15H2,1-2H3,(H,31,35). The van der Waals surface area contributed by atoms with Crippen molar-refractivity contribution in [3.63, 3.8) is 0 Å². The van der Waals surface area contributed by atoms with Crippen LogP contribution in [0.5, 0.6) is 5.75 Å². The molecule has 2 aromatic carbocycles. The number of para-hydroxylation sites is 1. The van der Waals surface area contributed by atoms with Gasteiger partial charge in [-0.3, -0.25) is 14.9 Å². The molecule has 2 aromatic heterocycles. The monoisotopic (exact) mass is 555 g/mol. The minimum Gasteiger partial charge on any atom is -0.487 e. The number of benzene rings is 2. The molecular weight excluding hydrogens is 529 g/mol. The number of imidazole rings is 1. The minimum absolute atomic E-state index is 0.0933. The first-order valence-corrected chi connectivity index (χ1v) is 12.9. The summed E-state index contributed by atoms with van der Waals surface area (Å²) in [5.41, 5.74) is 1.96. The molecule has 4 aromatic rings. The maximum Gasteiger partial charge on any atom is 0.288 e. The van der Waals surface area contributed by atoms with Gasteiger partial charge in [0.1, 0.15) is 22.9 Å².